The Kier molecular flexibility index (Phi) is 3.22. The summed E-state index contributed by atoms with van der Waals surface area (Å²) >= 11 is 3.39. The molecule has 1 aliphatic heterocycles. The van der Waals surface area contributed by atoms with Crippen molar-refractivity contribution in [3.8, 4) is 6.19 Å². The van der Waals surface area contributed by atoms with Crippen LogP contribution in [0.25, 0.3) is 5.57 Å². The summed E-state index contributed by atoms with van der Waals surface area (Å²) in [4.78, 5) is 3.57. The van der Waals surface area contributed by atoms with Crippen molar-refractivity contribution in [1.29, 1.82) is 5.26 Å². The van der Waals surface area contributed by atoms with Crippen molar-refractivity contribution in [1.82, 2.24) is 10.6 Å². The summed E-state index contributed by atoms with van der Waals surface area (Å²) in [5.74, 6) is 0.489. The first-order valence-corrected chi connectivity index (χ1v) is 5.51. The maximum atomic E-state index is 8.39. The number of aliphatic imine (C=N–C) groups is 1. The van der Waals surface area contributed by atoms with Crippen LogP contribution in [0.5, 0.6) is 0 Å². The third kappa shape index (κ3) is 2.41. The van der Waals surface area contributed by atoms with Crippen LogP contribution in [0.4, 0.5) is 0 Å². The van der Waals surface area contributed by atoms with Gasteiger partial charge in [-0.2, -0.15) is 5.26 Å². The van der Waals surface area contributed by atoms with E-state index in [4.69, 9.17) is 5.26 Å². The Morgan fingerprint density at radius 3 is 2.62 bits per heavy atom. The lowest BCUT2D eigenvalue weighted by Crippen LogP contribution is -2.39. The zero-order chi connectivity index (χ0) is 11.4. The van der Waals surface area contributed by atoms with Gasteiger partial charge in [0, 0.05) is 17.2 Å². The lowest BCUT2D eigenvalue weighted by molar-refractivity contribution is 0.952. The lowest BCUT2D eigenvalue weighted by atomic mass is 10.1. The van der Waals surface area contributed by atoms with Gasteiger partial charge in [-0.15, -0.1) is 4.99 Å². The number of benzene rings is 1. The zero-order valence-electron chi connectivity index (χ0n) is 8.37. The van der Waals surface area contributed by atoms with E-state index in [0.717, 1.165) is 15.6 Å². The van der Waals surface area contributed by atoms with Gasteiger partial charge in [-0.05, 0) is 23.3 Å². The fourth-order valence-corrected chi connectivity index (χ4v) is 1.67. The molecule has 0 bridgehead atoms. The first-order valence-electron chi connectivity index (χ1n) is 4.72. The van der Waals surface area contributed by atoms with Gasteiger partial charge in [0.05, 0.1) is 0 Å². The highest BCUT2D eigenvalue weighted by molar-refractivity contribution is 9.10. The molecule has 1 heterocycles. The summed E-state index contributed by atoms with van der Waals surface area (Å²) in [6, 6.07) is 8.06. The predicted octanol–water partition coefficient (Wildman–Crippen LogP) is 1.82. The van der Waals surface area contributed by atoms with Gasteiger partial charge in [-0.1, -0.05) is 28.1 Å². The number of guanidine groups is 1. The number of nitrogens with one attached hydrogen (secondary N) is 2. The quantitative estimate of drug-likeness (QED) is 0.770. The largest absolute Gasteiger partial charge is 0.351 e. The summed E-state index contributed by atoms with van der Waals surface area (Å²) in [7, 11) is 0. The molecule has 0 unspecified atom stereocenters. The van der Waals surface area contributed by atoms with Crippen molar-refractivity contribution in [2.75, 3.05) is 6.54 Å². The number of nitriles is 1. The molecule has 1 aromatic rings. The molecule has 0 aliphatic carbocycles. The minimum Gasteiger partial charge on any atom is -0.351 e. The van der Waals surface area contributed by atoms with Crippen LogP contribution >= 0.6 is 15.9 Å². The normalized spacial score (nSPS) is 17.0. The second-order valence-corrected chi connectivity index (χ2v) is 4.15. The summed E-state index contributed by atoms with van der Waals surface area (Å²) in [5.41, 5.74) is 2.27. The number of hydrogen-bond acceptors (Lipinski definition) is 2. The molecule has 0 aromatic heterocycles. The van der Waals surface area contributed by atoms with Crippen molar-refractivity contribution in [2.45, 2.75) is 0 Å². The molecule has 0 saturated carbocycles. The van der Waals surface area contributed by atoms with Crippen LogP contribution in [0.1, 0.15) is 5.56 Å². The van der Waals surface area contributed by atoms with Gasteiger partial charge in [0.2, 0.25) is 12.2 Å². The second kappa shape index (κ2) is 4.81. The Morgan fingerprint density at radius 2 is 2.06 bits per heavy atom. The van der Waals surface area contributed by atoms with Crippen LogP contribution in [-0.2, 0) is 0 Å². The third-order valence-electron chi connectivity index (χ3n) is 2.21. The Morgan fingerprint density at radius 1 is 1.31 bits per heavy atom. The summed E-state index contributed by atoms with van der Waals surface area (Å²) in [6.45, 7) is 0.662. The first kappa shape index (κ1) is 10.7. The maximum Gasteiger partial charge on any atom is 0.211 e. The average Bonchev–Trinajstić information content (AvgIpc) is 2.32. The van der Waals surface area contributed by atoms with Gasteiger partial charge in [-0.3, -0.25) is 0 Å². The van der Waals surface area contributed by atoms with Crippen molar-refractivity contribution in [3.63, 3.8) is 0 Å². The standard InChI is InChI=1S/C11H9BrN4/c12-10-3-1-8(2-4-10)9-5-14-11(15-6-9)16-7-13/h1-5H,6H2,(H2,14,15,16). The Hall–Kier alpha value is -1.80. The SMILES string of the molecule is N#CN=C1NC=C(c2ccc(Br)cc2)CN1. The molecule has 2 rings (SSSR count). The molecule has 2 N–H and O–H groups in total. The smallest absolute Gasteiger partial charge is 0.211 e. The monoisotopic (exact) mass is 276 g/mol. The first-order chi connectivity index (χ1) is 7.79. The van der Waals surface area contributed by atoms with Gasteiger partial charge >= 0.3 is 0 Å². The van der Waals surface area contributed by atoms with E-state index in [1.807, 2.05) is 30.5 Å². The molecule has 0 amide bonds. The minimum absolute atomic E-state index is 0.489. The summed E-state index contributed by atoms with van der Waals surface area (Å²) in [6.07, 6.45) is 3.58. The topological polar surface area (TPSA) is 60.2 Å². The molecule has 0 radical (unpaired) electrons. The molecule has 80 valence electrons. The van der Waals surface area contributed by atoms with Crippen LogP contribution in [0, 0.1) is 11.5 Å². The molecule has 5 heteroatoms. The average molecular weight is 277 g/mol. The number of nitrogens with zero attached hydrogens (tertiary/aromatic N) is 2. The summed E-state index contributed by atoms with van der Waals surface area (Å²) in [5, 5.41) is 14.3. The zero-order valence-corrected chi connectivity index (χ0v) is 9.95. The van der Waals surface area contributed by atoms with Gasteiger partial charge in [0.25, 0.3) is 0 Å². The fraction of sp³-hybridized carbons (Fsp3) is 0.0909. The van der Waals surface area contributed by atoms with E-state index >= 15 is 0 Å². The van der Waals surface area contributed by atoms with E-state index in [0.29, 0.717) is 12.5 Å². The van der Waals surface area contributed by atoms with Gasteiger partial charge in [0.15, 0.2) is 0 Å². The molecule has 16 heavy (non-hydrogen) atoms. The van der Waals surface area contributed by atoms with Crippen molar-refractivity contribution in [3.05, 3.63) is 40.5 Å². The highest BCUT2D eigenvalue weighted by atomic mass is 79.9. The minimum atomic E-state index is 0.489. The van der Waals surface area contributed by atoms with Gasteiger partial charge < -0.3 is 10.6 Å². The van der Waals surface area contributed by atoms with Crippen LogP contribution in [0.15, 0.2) is 39.9 Å². The van der Waals surface area contributed by atoms with Crippen molar-refractivity contribution >= 4 is 27.5 Å². The molecule has 1 aromatic carbocycles. The molecule has 0 saturated heterocycles. The highest BCUT2D eigenvalue weighted by Crippen LogP contribution is 2.17. The molecule has 1 aliphatic rings. The summed E-state index contributed by atoms with van der Waals surface area (Å²) < 4.78 is 1.06. The maximum absolute atomic E-state index is 8.39. The van der Waals surface area contributed by atoms with E-state index < -0.39 is 0 Å². The van der Waals surface area contributed by atoms with Crippen molar-refractivity contribution in [2.24, 2.45) is 4.99 Å². The van der Waals surface area contributed by atoms with Crippen LogP contribution in [0.3, 0.4) is 0 Å². The number of halogens is 1. The van der Waals surface area contributed by atoms with E-state index in [1.54, 1.807) is 6.19 Å². The Balaban J connectivity index is 2.17. The molecule has 0 fully saturated rings. The van der Waals surface area contributed by atoms with Crippen LogP contribution in [-0.4, -0.2) is 12.5 Å². The lowest BCUT2D eigenvalue weighted by Gasteiger charge is -2.17. The van der Waals surface area contributed by atoms with E-state index in [1.165, 1.54) is 0 Å². The van der Waals surface area contributed by atoms with E-state index in [-0.39, 0.29) is 0 Å². The Bertz CT molecular complexity index is 482. The van der Waals surface area contributed by atoms with E-state index in [2.05, 4.69) is 31.6 Å². The number of hydrogen-bond donors (Lipinski definition) is 2. The van der Waals surface area contributed by atoms with Crippen molar-refractivity contribution < 1.29 is 0 Å². The molecule has 0 atom stereocenters. The third-order valence-corrected chi connectivity index (χ3v) is 2.73. The van der Waals surface area contributed by atoms with Gasteiger partial charge in [-0.25, -0.2) is 0 Å². The molecule has 0 spiro atoms. The Labute approximate surface area is 102 Å². The molecular weight excluding hydrogens is 268 g/mol. The second-order valence-electron chi connectivity index (χ2n) is 3.23. The van der Waals surface area contributed by atoms with Crippen LogP contribution < -0.4 is 10.6 Å². The molecular formula is C11H9BrN4. The van der Waals surface area contributed by atoms with Gasteiger partial charge in [0.1, 0.15) is 0 Å². The van der Waals surface area contributed by atoms with E-state index in [9.17, 15) is 0 Å². The van der Waals surface area contributed by atoms with Crippen LogP contribution in [0.2, 0.25) is 0 Å². The predicted molar refractivity (Wildman–Crippen MR) is 66.3 cm³/mol. The highest BCUT2D eigenvalue weighted by Gasteiger charge is 2.08. The number of rotatable bonds is 1. The molecule has 4 nitrogen and oxygen atoms in total. The fourth-order valence-electron chi connectivity index (χ4n) is 1.41.